The van der Waals surface area contributed by atoms with E-state index in [0.29, 0.717) is 46.8 Å². The van der Waals surface area contributed by atoms with Crippen LogP contribution in [0.2, 0.25) is 0 Å². The van der Waals surface area contributed by atoms with Gasteiger partial charge in [-0.1, -0.05) is 20.8 Å². The number of carbonyl (C=O) groups excluding carboxylic acids is 1. The summed E-state index contributed by atoms with van der Waals surface area (Å²) in [5, 5.41) is 14.7. The predicted molar refractivity (Wildman–Crippen MR) is 143 cm³/mol. The lowest BCUT2D eigenvalue weighted by Gasteiger charge is -2.22. The Hall–Kier alpha value is -4.19. The van der Waals surface area contributed by atoms with Crippen molar-refractivity contribution in [2.45, 2.75) is 27.7 Å². The molecular formula is C25H33N11O. The van der Waals surface area contributed by atoms with E-state index in [0.717, 1.165) is 30.7 Å². The van der Waals surface area contributed by atoms with Crippen molar-refractivity contribution in [3.63, 3.8) is 0 Å². The highest BCUT2D eigenvalue weighted by atomic mass is 16.1. The molecule has 4 rings (SSSR count). The number of rotatable bonds is 11. The summed E-state index contributed by atoms with van der Waals surface area (Å²) in [6.45, 7) is 11.7. The van der Waals surface area contributed by atoms with E-state index in [9.17, 15) is 4.79 Å². The van der Waals surface area contributed by atoms with Crippen molar-refractivity contribution in [1.29, 1.82) is 0 Å². The van der Waals surface area contributed by atoms with Gasteiger partial charge in [0.15, 0.2) is 11.5 Å². The van der Waals surface area contributed by atoms with Crippen LogP contribution in [0.25, 0.3) is 11.0 Å². The van der Waals surface area contributed by atoms with Gasteiger partial charge in [-0.15, -0.1) is 0 Å². The second-order valence-electron chi connectivity index (χ2n) is 9.18. The Morgan fingerprint density at radius 2 is 1.89 bits per heavy atom. The SMILES string of the molecule is CCN(CCNC(=O)c1cnc(C)c(Nc2nn(C)c3nc(Nc4cncnc4)ncc23)c1)CC(C)C. The molecule has 3 N–H and O–H groups in total. The van der Waals surface area contributed by atoms with Crippen LogP contribution in [0, 0.1) is 12.8 Å². The zero-order chi connectivity index (χ0) is 26.4. The molecule has 1 amide bonds. The van der Waals surface area contributed by atoms with E-state index in [-0.39, 0.29) is 5.91 Å². The Balaban J connectivity index is 1.47. The highest BCUT2D eigenvalue weighted by Gasteiger charge is 2.15. The summed E-state index contributed by atoms with van der Waals surface area (Å²) in [6.07, 6.45) is 8.02. The van der Waals surface area contributed by atoms with E-state index in [1.165, 1.54) is 6.33 Å². The number of pyridine rings is 1. The van der Waals surface area contributed by atoms with E-state index >= 15 is 0 Å². The Morgan fingerprint density at radius 3 is 2.62 bits per heavy atom. The molecule has 4 aromatic rings. The topological polar surface area (TPSA) is 139 Å². The Bertz CT molecular complexity index is 1350. The number of aromatic nitrogens is 7. The minimum atomic E-state index is -0.161. The third-order valence-corrected chi connectivity index (χ3v) is 5.78. The van der Waals surface area contributed by atoms with Gasteiger partial charge in [0.05, 0.1) is 40.4 Å². The molecule has 4 aromatic heterocycles. The molecule has 12 nitrogen and oxygen atoms in total. The summed E-state index contributed by atoms with van der Waals surface area (Å²) in [5.74, 6) is 1.40. The molecular weight excluding hydrogens is 470 g/mol. The van der Waals surface area contributed by atoms with Gasteiger partial charge in [0.1, 0.15) is 6.33 Å². The van der Waals surface area contributed by atoms with E-state index in [1.54, 1.807) is 35.5 Å². The number of anilines is 4. The van der Waals surface area contributed by atoms with Crippen molar-refractivity contribution in [2.75, 3.05) is 36.8 Å². The normalized spacial score (nSPS) is 11.3. The van der Waals surface area contributed by atoms with Crippen LogP contribution in [0.4, 0.5) is 23.1 Å². The highest BCUT2D eigenvalue weighted by molar-refractivity contribution is 5.96. The zero-order valence-corrected chi connectivity index (χ0v) is 21.9. The van der Waals surface area contributed by atoms with Crippen LogP contribution in [0.1, 0.15) is 36.8 Å². The van der Waals surface area contributed by atoms with Crippen LogP contribution in [-0.2, 0) is 7.05 Å². The van der Waals surface area contributed by atoms with Crippen molar-refractivity contribution >= 4 is 40.1 Å². The number of nitrogens with one attached hydrogen (secondary N) is 3. The molecule has 194 valence electrons. The van der Waals surface area contributed by atoms with Crippen LogP contribution in [0.15, 0.2) is 37.2 Å². The number of fused-ring (bicyclic) bond motifs is 1. The fourth-order valence-electron chi connectivity index (χ4n) is 3.92. The molecule has 0 aliphatic carbocycles. The number of nitrogens with zero attached hydrogens (tertiary/aromatic N) is 8. The summed E-state index contributed by atoms with van der Waals surface area (Å²) in [6, 6.07) is 1.79. The molecule has 4 heterocycles. The minimum absolute atomic E-state index is 0.161. The van der Waals surface area contributed by atoms with Crippen molar-refractivity contribution in [3.05, 3.63) is 48.4 Å². The number of amides is 1. The zero-order valence-electron chi connectivity index (χ0n) is 21.9. The van der Waals surface area contributed by atoms with Gasteiger partial charge in [0, 0.05) is 39.1 Å². The highest BCUT2D eigenvalue weighted by Crippen LogP contribution is 2.26. The smallest absolute Gasteiger partial charge is 0.252 e. The monoisotopic (exact) mass is 503 g/mol. The molecule has 0 aliphatic heterocycles. The molecule has 0 bridgehead atoms. The maximum atomic E-state index is 12.8. The van der Waals surface area contributed by atoms with Crippen LogP contribution in [-0.4, -0.2) is 71.7 Å². The summed E-state index contributed by atoms with van der Waals surface area (Å²) >= 11 is 0. The summed E-state index contributed by atoms with van der Waals surface area (Å²) in [7, 11) is 1.81. The average molecular weight is 504 g/mol. The number of likely N-dealkylation sites (N-methyl/N-ethyl adjacent to an activating group) is 1. The third-order valence-electron chi connectivity index (χ3n) is 5.78. The number of hydrogen-bond donors (Lipinski definition) is 3. The summed E-state index contributed by atoms with van der Waals surface area (Å²) in [5.41, 5.74) is 3.23. The summed E-state index contributed by atoms with van der Waals surface area (Å²) in [4.78, 5) is 36.5. The van der Waals surface area contributed by atoms with Crippen molar-refractivity contribution < 1.29 is 4.79 Å². The first-order valence-corrected chi connectivity index (χ1v) is 12.3. The summed E-state index contributed by atoms with van der Waals surface area (Å²) < 4.78 is 1.67. The van der Waals surface area contributed by atoms with Gasteiger partial charge >= 0.3 is 0 Å². The Labute approximate surface area is 216 Å². The fourth-order valence-corrected chi connectivity index (χ4v) is 3.92. The van der Waals surface area contributed by atoms with E-state index < -0.39 is 0 Å². The first-order chi connectivity index (χ1) is 17.8. The molecule has 0 aliphatic rings. The van der Waals surface area contributed by atoms with Gasteiger partial charge < -0.3 is 20.9 Å². The fraction of sp³-hybridized carbons (Fsp3) is 0.400. The Kier molecular flexibility index (Phi) is 8.18. The van der Waals surface area contributed by atoms with Gasteiger partial charge in [0.2, 0.25) is 5.95 Å². The van der Waals surface area contributed by atoms with Gasteiger partial charge in [-0.3, -0.25) is 9.78 Å². The van der Waals surface area contributed by atoms with Crippen LogP contribution in [0.5, 0.6) is 0 Å². The minimum Gasteiger partial charge on any atom is -0.351 e. The molecule has 0 unspecified atom stereocenters. The first-order valence-electron chi connectivity index (χ1n) is 12.3. The van der Waals surface area contributed by atoms with Crippen LogP contribution >= 0.6 is 0 Å². The Morgan fingerprint density at radius 1 is 1.11 bits per heavy atom. The number of carbonyl (C=O) groups is 1. The average Bonchev–Trinajstić information content (AvgIpc) is 3.19. The van der Waals surface area contributed by atoms with E-state index in [2.05, 4.69) is 71.6 Å². The largest absolute Gasteiger partial charge is 0.351 e. The maximum Gasteiger partial charge on any atom is 0.252 e. The lowest BCUT2D eigenvalue weighted by molar-refractivity contribution is 0.0947. The third kappa shape index (κ3) is 6.53. The lowest BCUT2D eigenvalue weighted by atomic mass is 10.2. The predicted octanol–water partition coefficient (Wildman–Crippen LogP) is 3.05. The number of aryl methyl sites for hydroxylation is 2. The molecule has 0 atom stereocenters. The lowest BCUT2D eigenvalue weighted by Crippen LogP contribution is -2.36. The van der Waals surface area contributed by atoms with Gasteiger partial charge in [-0.2, -0.15) is 10.1 Å². The molecule has 0 saturated carbocycles. The standard InChI is InChI=1S/C25H33N11O/c1-6-36(14-16(2)3)8-7-28-24(37)18-9-21(17(4)29-10-18)32-22-20-13-30-25(33-23(20)35(5)34-22)31-19-11-26-15-27-12-19/h9-13,15-16H,6-8,14H2,1-5H3,(H,28,37)(H,32,34)(H,30,31,33). The van der Waals surface area contributed by atoms with Crippen molar-refractivity contribution in [2.24, 2.45) is 13.0 Å². The maximum absolute atomic E-state index is 12.8. The van der Waals surface area contributed by atoms with Crippen LogP contribution in [0.3, 0.4) is 0 Å². The molecule has 0 radical (unpaired) electrons. The second kappa shape index (κ2) is 11.7. The first kappa shape index (κ1) is 25.9. The molecule has 12 heteroatoms. The van der Waals surface area contributed by atoms with Crippen molar-refractivity contribution in [1.82, 2.24) is 44.9 Å². The van der Waals surface area contributed by atoms with E-state index in [1.807, 2.05) is 14.0 Å². The molecule has 0 fully saturated rings. The van der Waals surface area contributed by atoms with Gasteiger partial charge in [-0.05, 0) is 25.5 Å². The molecule has 37 heavy (non-hydrogen) atoms. The molecule has 0 spiro atoms. The van der Waals surface area contributed by atoms with Crippen molar-refractivity contribution in [3.8, 4) is 0 Å². The van der Waals surface area contributed by atoms with Gasteiger partial charge in [0.25, 0.3) is 5.91 Å². The second-order valence-corrected chi connectivity index (χ2v) is 9.18. The molecule has 0 saturated heterocycles. The van der Waals surface area contributed by atoms with Crippen LogP contribution < -0.4 is 16.0 Å². The number of hydrogen-bond acceptors (Lipinski definition) is 10. The molecule has 0 aromatic carbocycles. The van der Waals surface area contributed by atoms with Gasteiger partial charge in [-0.25, -0.2) is 19.6 Å². The van der Waals surface area contributed by atoms with E-state index in [4.69, 9.17) is 0 Å². The quantitative estimate of drug-likeness (QED) is 0.280.